The average Bonchev–Trinajstić information content (AvgIpc) is 2.15. The third-order valence-electron chi connectivity index (χ3n) is 2.33. The first kappa shape index (κ1) is 14.4. The molecular formula is C12H25NO2. The van der Waals surface area contributed by atoms with E-state index in [4.69, 9.17) is 5.11 Å². The summed E-state index contributed by atoms with van der Waals surface area (Å²) < 4.78 is 0. The highest BCUT2D eigenvalue weighted by Gasteiger charge is 2.04. The standard InChI is InChI=1S/C12H25NO2/c1-3-4-5-6-7-8-9-13-12(15)10-11(2)14/h11,14H,3-10H2,1-2H3,(H,13,15). The van der Waals surface area contributed by atoms with Gasteiger partial charge in [0.25, 0.3) is 0 Å². The molecule has 15 heavy (non-hydrogen) atoms. The van der Waals surface area contributed by atoms with Crippen LogP contribution in [-0.4, -0.2) is 23.7 Å². The number of hydrogen-bond acceptors (Lipinski definition) is 2. The number of nitrogens with one attached hydrogen (secondary N) is 1. The minimum atomic E-state index is -0.533. The van der Waals surface area contributed by atoms with Crippen molar-refractivity contribution in [3.8, 4) is 0 Å². The minimum Gasteiger partial charge on any atom is -0.393 e. The first-order chi connectivity index (χ1) is 7.16. The summed E-state index contributed by atoms with van der Waals surface area (Å²) in [5.41, 5.74) is 0. The molecule has 2 N–H and O–H groups in total. The van der Waals surface area contributed by atoms with Gasteiger partial charge < -0.3 is 10.4 Å². The Hall–Kier alpha value is -0.570. The highest BCUT2D eigenvalue weighted by atomic mass is 16.3. The van der Waals surface area contributed by atoms with Gasteiger partial charge in [0.2, 0.25) is 5.91 Å². The van der Waals surface area contributed by atoms with Crippen molar-refractivity contribution in [2.24, 2.45) is 0 Å². The van der Waals surface area contributed by atoms with E-state index in [9.17, 15) is 4.79 Å². The van der Waals surface area contributed by atoms with Gasteiger partial charge in [-0.3, -0.25) is 4.79 Å². The van der Waals surface area contributed by atoms with Crippen LogP contribution in [-0.2, 0) is 4.79 Å². The topological polar surface area (TPSA) is 49.3 Å². The summed E-state index contributed by atoms with van der Waals surface area (Å²) in [4.78, 5) is 11.1. The molecule has 3 nitrogen and oxygen atoms in total. The third-order valence-corrected chi connectivity index (χ3v) is 2.33. The van der Waals surface area contributed by atoms with Crippen LogP contribution in [0.15, 0.2) is 0 Å². The second-order valence-corrected chi connectivity index (χ2v) is 4.17. The van der Waals surface area contributed by atoms with Gasteiger partial charge in [-0.25, -0.2) is 0 Å². The van der Waals surface area contributed by atoms with Crippen molar-refractivity contribution in [3.63, 3.8) is 0 Å². The summed E-state index contributed by atoms with van der Waals surface area (Å²) in [6.07, 6.45) is 7.08. The lowest BCUT2D eigenvalue weighted by atomic mass is 10.1. The molecule has 1 atom stereocenters. The van der Waals surface area contributed by atoms with Crippen LogP contribution in [0.2, 0.25) is 0 Å². The zero-order chi connectivity index (χ0) is 11.5. The molecule has 90 valence electrons. The molecule has 0 aromatic heterocycles. The number of amides is 1. The Morgan fingerprint density at radius 2 is 1.80 bits per heavy atom. The van der Waals surface area contributed by atoms with Crippen molar-refractivity contribution < 1.29 is 9.90 Å². The maximum absolute atomic E-state index is 11.1. The Kier molecular flexibility index (Phi) is 9.59. The van der Waals surface area contributed by atoms with E-state index in [1.807, 2.05) is 0 Å². The van der Waals surface area contributed by atoms with Crippen LogP contribution in [0.25, 0.3) is 0 Å². The molecule has 0 rings (SSSR count). The fourth-order valence-electron chi connectivity index (χ4n) is 1.47. The van der Waals surface area contributed by atoms with Gasteiger partial charge in [-0.1, -0.05) is 39.0 Å². The second kappa shape index (κ2) is 9.97. The first-order valence-electron chi connectivity index (χ1n) is 6.11. The zero-order valence-electron chi connectivity index (χ0n) is 10.1. The van der Waals surface area contributed by atoms with Gasteiger partial charge in [-0.2, -0.15) is 0 Å². The molecule has 0 fully saturated rings. The van der Waals surface area contributed by atoms with Crippen LogP contribution in [0.5, 0.6) is 0 Å². The number of aliphatic hydroxyl groups excluding tert-OH is 1. The van der Waals surface area contributed by atoms with Crippen molar-refractivity contribution in [3.05, 3.63) is 0 Å². The minimum absolute atomic E-state index is 0.0430. The predicted molar refractivity (Wildman–Crippen MR) is 62.7 cm³/mol. The van der Waals surface area contributed by atoms with Crippen molar-refractivity contribution in [2.75, 3.05) is 6.54 Å². The molecular weight excluding hydrogens is 190 g/mol. The third kappa shape index (κ3) is 11.4. The lowest BCUT2D eigenvalue weighted by Crippen LogP contribution is -2.27. The smallest absolute Gasteiger partial charge is 0.222 e. The number of carbonyl (C=O) groups is 1. The number of unbranched alkanes of at least 4 members (excludes halogenated alkanes) is 5. The molecule has 0 aliphatic carbocycles. The van der Waals surface area contributed by atoms with Gasteiger partial charge in [0, 0.05) is 6.54 Å². The van der Waals surface area contributed by atoms with Crippen LogP contribution < -0.4 is 5.32 Å². The largest absolute Gasteiger partial charge is 0.393 e. The summed E-state index contributed by atoms with van der Waals surface area (Å²) in [5.74, 6) is -0.0430. The van der Waals surface area contributed by atoms with Gasteiger partial charge >= 0.3 is 0 Å². The summed E-state index contributed by atoms with van der Waals surface area (Å²) in [7, 11) is 0. The molecule has 0 spiro atoms. The Balaban J connectivity index is 3.13. The van der Waals surface area contributed by atoms with Crippen LogP contribution in [0, 0.1) is 0 Å². The monoisotopic (exact) mass is 215 g/mol. The second-order valence-electron chi connectivity index (χ2n) is 4.17. The van der Waals surface area contributed by atoms with Crippen molar-refractivity contribution >= 4 is 5.91 Å². The normalized spacial score (nSPS) is 12.5. The predicted octanol–water partition coefficient (Wildman–Crippen LogP) is 2.23. The summed E-state index contributed by atoms with van der Waals surface area (Å²) >= 11 is 0. The lowest BCUT2D eigenvalue weighted by molar-refractivity contribution is -0.122. The highest BCUT2D eigenvalue weighted by molar-refractivity contribution is 5.76. The first-order valence-corrected chi connectivity index (χ1v) is 6.11. The van der Waals surface area contributed by atoms with Gasteiger partial charge in [0.15, 0.2) is 0 Å². The van der Waals surface area contributed by atoms with Gasteiger partial charge in [0.1, 0.15) is 0 Å². The van der Waals surface area contributed by atoms with Crippen molar-refractivity contribution in [1.82, 2.24) is 5.32 Å². The number of rotatable bonds is 9. The van der Waals surface area contributed by atoms with Gasteiger partial charge in [0.05, 0.1) is 12.5 Å². The maximum atomic E-state index is 11.1. The Morgan fingerprint density at radius 3 is 2.40 bits per heavy atom. The fraction of sp³-hybridized carbons (Fsp3) is 0.917. The molecule has 0 radical (unpaired) electrons. The lowest BCUT2D eigenvalue weighted by Gasteiger charge is -2.06. The van der Waals surface area contributed by atoms with E-state index in [2.05, 4.69) is 12.2 Å². The SMILES string of the molecule is CCCCCCCCNC(=O)CC(C)O. The molecule has 1 amide bonds. The number of hydrogen-bond donors (Lipinski definition) is 2. The van der Waals surface area contributed by atoms with E-state index < -0.39 is 6.10 Å². The Labute approximate surface area is 93.3 Å². The van der Waals surface area contributed by atoms with Crippen molar-refractivity contribution in [1.29, 1.82) is 0 Å². The summed E-state index contributed by atoms with van der Waals surface area (Å²) in [6, 6.07) is 0. The van der Waals surface area contributed by atoms with Crippen LogP contribution in [0.4, 0.5) is 0 Å². The molecule has 0 saturated heterocycles. The number of aliphatic hydroxyl groups is 1. The summed E-state index contributed by atoms with van der Waals surface area (Å²) in [6.45, 7) is 4.58. The zero-order valence-corrected chi connectivity index (χ0v) is 10.1. The molecule has 0 aliphatic heterocycles. The average molecular weight is 215 g/mol. The van der Waals surface area contributed by atoms with E-state index in [0.717, 1.165) is 13.0 Å². The van der Waals surface area contributed by atoms with Gasteiger partial charge in [-0.05, 0) is 13.3 Å². The molecule has 1 unspecified atom stereocenters. The molecule has 0 saturated carbocycles. The quantitative estimate of drug-likeness (QED) is 0.579. The van der Waals surface area contributed by atoms with E-state index in [1.165, 1.54) is 32.1 Å². The molecule has 0 aliphatic rings. The molecule has 3 heteroatoms. The van der Waals surface area contributed by atoms with E-state index in [0.29, 0.717) is 0 Å². The van der Waals surface area contributed by atoms with E-state index >= 15 is 0 Å². The van der Waals surface area contributed by atoms with Crippen LogP contribution in [0.1, 0.15) is 58.8 Å². The molecule has 0 aromatic carbocycles. The van der Waals surface area contributed by atoms with Gasteiger partial charge in [-0.15, -0.1) is 0 Å². The fourth-order valence-corrected chi connectivity index (χ4v) is 1.47. The van der Waals surface area contributed by atoms with Crippen LogP contribution >= 0.6 is 0 Å². The van der Waals surface area contributed by atoms with E-state index in [1.54, 1.807) is 6.92 Å². The highest BCUT2D eigenvalue weighted by Crippen LogP contribution is 2.04. The van der Waals surface area contributed by atoms with Crippen molar-refractivity contribution in [2.45, 2.75) is 64.9 Å². The molecule has 0 heterocycles. The molecule has 0 bridgehead atoms. The van der Waals surface area contributed by atoms with Crippen LogP contribution in [0.3, 0.4) is 0 Å². The van der Waals surface area contributed by atoms with E-state index in [-0.39, 0.29) is 12.3 Å². The number of carbonyl (C=O) groups excluding carboxylic acids is 1. The Bertz CT molecular complexity index is 158. The maximum Gasteiger partial charge on any atom is 0.222 e. The molecule has 0 aromatic rings. The Morgan fingerprint density at radius 1 is 1.20 bits per heavy atom. The summed E-state index contributed by atoms with van der Waals surface area (Å²) in [5, 5.41) is 11.8.